The molecule has 2 aromatic rings. The summed E-state index contributed by atoms with van der Waals surface area (Å²) < 4.78 is 23.7. The van der Waals surface area contributed by atoms with Crippen molar-refractivity contribution in [2.75, 3.05) is 40.9 Å². The molecule has 1 aliphatic heterocycles. The largest absolute Gasteiger partial charge is 0.497 e. The molecule has 1 atom stereocenters. The third-order valence-electron chi connectivity index (χ3n) is 4.79. The van der Waals surface area contributed by atoms with Crippen LogP contribution in [0, 0.1) is 5.82 Å². The Morgan fingerprint density at radius 2 is 1.65 bits per heavy atom. The van der Waals surface area contributed by atoms with Gasteiger partial charge in [-0.1, -0.05) is 12.1 Å². The van der Waals surface area contributed by atoms with Crippen LogP contribution >= 0.6 is 0 Å². The first-order chi connectivity index (χ1) is 12.5. The Bertz CT molecular complexity index is 757. The smallest absolute Gasteiger partial charge is 0.254 e. The van der Waals surface area contributed by atoms with Crippen molar-refractivity contribution < 1.29 is 18.7 Å². The Hall–Kier alpha value is -2.60. The molecule has 0 N–H and O–H groups in total. The molecule has 2 aromatic carbocycles. The number of halogens is 1. The van der Waals surface area contributed by atoms with Gasteiger partial charge in [-0.3, -0.25) is 9.69 Å². The van der Waals surface area contributed by atoms with E-state index in [-0.39, 0.29) is 17.8 Å². The number of carbonyl (C=O) groups is 1. The van der Waals surface area contributed by atoms with Crippen LogP contribution in [-0.4, -0.2) is 56.6 Å². The molecule has 6 heteroatoms. The molecule has 1 unspecified atom stereocenters. The molecule has 0 bridgehead atoms. The van der Waals surface area contributed by atoms with Gasteiger partial charge in [0.05, 0.1) is 20.3 Å². The first kappa shape index (κ1) is 18.2. The standard InChI is InChI=1S/C20H23FN2O3/c1-22-8-9-23(13-19(22)14-4-6-16(21)7-5-14)20(24)15-10-17(25-2)12-18(11-15)26-3/h4-7,10-12,19H,8-9,13H2,1-3H3. The number of rotatable bonds is 4. The van der Waals surface area contributed by atoms with Crippen LogP contribution in [-0.2, 0) is 0 Å². The fraction of sp³-hybridized carbons (Fsp3) is 0.350. The van der Waals surface area contributed by atoms with Crippen LogP contribution in [0.4, 0.5) is 4.39 Å². The van der Waals surface area contributed by atoms with E-state index >= 15 is 0 Å². The monoisotopic (exact) mass is 358 g/mol. The summed E-state index contributed by atoms with van der Waals surface area (Å²) in [6.07, 6.45) is 0. The Morgan fingerprint density at radius 3 is 2.23 bits per heavy atom. The normalized spacial score (nSPS) is 17.8. The summed E-state index contributed by atoms with van der Waals surface area (Å²) >= 11 is 0. The summed E-state index contributed by atoms with van der Waals surface area (Å²) in [4.78, 5) is 17.0. The van der Waals surface area contributed by atoms with E-state index in [9.17, 15) is 9.18 Å². The van der Waals surface area contributed by atoms with Gasteiger partial charge >= 0.3 is 0 Å². The average molecular weight is 358 g/mol. The molecular weight excluding hydrogens is 335 g/mol. The lowest BCUT2D eigenvalue weighted by Crippen LogP contribution is -2.49. The van der Waals surface area contributed by atoms with Crippen LogP contribution in [0.5, 0.6) is 11.5 Å². The Morgan fingerprint density at radius 1 is 1.04 bits per heavy atom. The molecule has 0 radical (unpaired) electrons. The zero-order chi connectivity index (χ0) is 18.7. The number of piperazine rings is 1. The van der Waals surface area contributed by atoms with Crippen molar-refractivity contribution in [2.45, 2.75) is 6.04 Å². The number of hydrogen-bond acceptors (Lipinski definition) is 4. The lowest BCUT2D eigenvalue weighted by atomic mass is 10.0. The van der Waals surface area contributed by atoms with Gasteiger partial charge in [0.15, 0.2) is 0 Å². The Kier molecular flexibility index (Phi) is 5.42. The summed E-state index contributed by atoms with van der Waals surface area (Å²) in [6, 6.07) is 11.7. The van der Waals surface area contributed by atoms with Gasteiger partial charge < -0.3 is 14.4 Å². The number of methoxy groups -OCH3 is 2. The van der Waals surface area contributed by atoms with Crippen LogP contribution in [0.3, 0.4) is 0 Å². The number of ether oxygens (including phenoxy) is 2. The van der Waals surface area contributed by atoms with Gasteiger partial charge in [-0.05, 0) is 36.9 Å². The van der Waals surface area contributed by atoms with E-state index in [1.165, 1.54) is 12.1 Å². The number of hydrogen-bond donors (Lipinski definition) is 0. The van der Waals surface area contributed by atoms with Gasteiger partial charge in [-0.2, -0.15) is 0 Å². The number of benzene rings is 2. The molecule has 5 nitrogen and oxygen atoms in total. The summed E-state index contributed by atoms with van der Waals surface area (Å²) in [5.74, 6) is 0.833. The van der Waals surface area contributed by atoms with Crippen molar-refractivity contribution in [3.05, 3.63) is 59.4 Å². The Balaban J connectivity index is 1.83. The van der Waals surface area contributed by atoms with Crippen LogP contribution in [0.15, 0.2) is 42.5 Å². The van der Waals surface area contributed by atoms with E-state index in [1.807, 2.05) is 11.9 Å². The SMILES string of the molecule is COc1cc(OC)cc(C(=O)N2CCN(C)C(c3ccc(F)cc3)C2)c1. The van der Waals surface area contributed by atoms with Crippen LogP contribution < -0.4 is 9.47 Å². The second kappa shape index (κ2) is 7.74. The molecule has 0 aliphatic carbocycles. The molecule has 138 valence electrons. The highest BCUT2D eigenvalue weighted by Gasteiger charge is 2.29. The van der Waals surface area contributed by atoms with E-state index < -0.39 is 0 Å². The molecular formula is C20H23FN2O3. The minimum absolute atomic E-state index is 0.0285. The second-order valence-corrected chi connectivity index (χ2v) is 6.40. The number of carbonyl (C=O) groups excluding carboxylic acids is 1. The summed E-state index contributed by atoms with van der Waals surface area (Å²) in [5, 5.41) is 0. The van der Waals surface area contributed by atoms with Crippen LogP contribution in [0.1, 0.15) is 22.0 Å². The third kappa shape index (κ3) is 3.80. The first-order valence-electron chi connectivity index (χ1n) is 8.50. The molecule has 1 aliphatic rings. The van der Waals surface area contributed by atoms with E-state index in [0.717, 1.165) is 12.1 Å². The summed E-state index contributed by atoms with van der Waals surface area (Å²) in [7, 11) is 5.14. The van der Waals surface area contributed by atoms with E-state index in [0.29, 0.717) is 30.2 Å². The van der Waals surface area contributed by atoms with Crippen LogP contribution in [0.2, 0.25) is 0 Å². The highest BCUT2D eigenvalue weighted by Crippen LogP contribution is 2.27. The molecule has 1 heterocycles. The number of likely N-dealkylation sites (N-methyl/N-ethyl adjacent to an activating group) is 1. The molecule has 0 aromatic heterocycles. The lowest BCUT2D eigenvalue weighted by molar-refractivity contribution is 0.0545. The molecule has 1 fully saturated rings. The summed E-state index contributed by atoms with van der Waals surface area (Å²) in [6.45, 7) is 1.92. The lowest BCUT2D eigenvalue weighted by Gasteiger charge is -2.39. The first-order valence-corrected chi connectivity index (χ1v) is 8.50. The maximum atomic E-state index is 13.2. The molecule has 1 saturated heterocycles. The van der Waals surface area contributed by atoms with Crippen molar-refractivity contribution in [1.29, 1.82) is 0 Å². The van der Waals surface area contributed by atoms with Crippen LogP contribution in [0.25, 0.3) is 0 Å². The molecule has 0 spiro atoms. The van der Waals surface area contributed by atoms with Crippen molar-refractivity contribution in [3.8, 4) is 11.5 Å². The molecule has 3 rings (SSSR count). The second-order valence-electron chi connectivity index (χ2n) is 6.40. The van der Waals surface area contributed by atoms with Crippen molar-refractivity contribution >= 4 is 5.91 Å². The van der Waals surface area contributed by atoms with Gasteiger partial charge in [0.2, 0.25) is 0 Å². The molecule has 1 amide bonds. The van der Waals surface area contributed by atoms with E-state index in [1.54, 1.807) is 44.6 Å². The highest BCUT2D eigenvalue weighted by molar-refractivity contribution is 5.95. The minimum atomic E-state index is -0.261. The number of nitrogens with zero attached hydrogens (tertiary/aromatic N) is 2. The fourth-order valence-corrected chi connectivity index (χ4v) is 3.22. The third-order valence-corrected chi connectivity index (χ3v) is 4.79. The van der Waals surface area contributed by atoms with Crippen molar-refractivity contribution in [1.82, 2.24) is 9.80 Å². The minimum Gasteiger partial charge on any atom is -0.497 e. The molecule has 26 heavy (non-hydrogen) atoms. The maximum absolute atomic E-state index is 13.2. The van der Waals surface area contributed by atoms with Gasteiger partial charge in [0.25, 0.3) is 5.91 Å². The number of amides is 1. The summed E-state index contributed by atoms with van der Waals surface area (Å²) in [5.41, 5.74) is 1.53. The van der Waals surface area contributed by atoms with Crippen molar-refractivity contribution in [3.63, 3.8) is 0 Å². The zero-order valence-corrected chi connectivity index (χ0v) is 15.2. The highest BCUT2D eigenvalue weighted by atomic mass is 19.1. The zero-order valence-electron chi connectivity index (χ0n) is 15.2. The van der Waals surface area contributed by atoms with Gasteiger partial charge in [-0.25, -0.2) is 4.39 Å². The quantitative estimate of drug-likeness (QED) is 0.843. The average Bonchev–Trinajstić information content (AvgIpc) is 2.68. The van der Waals surface area contributed by atoms with Crippen molar-refractivity contribution in [2.24, 2.45) is 0 Å². The van der Waals surface area contributed by atoms with E-state index in [2.05, 4.69) is 4.90 Å². The molecule has 0 saturated carbocycles. The Labute approximate surface area is 152 Å². The van der Waals surface area contributed by atoms with E-state index in [4.69, 9.17) is 9.47 Å². The van der Waals surface area contributed by atoms with Gasteiger partial charge in [0.1, 0.15) is 17.3 Å². The van der Waals surface area contributed by atoms with Gasteiger partial charge in [0, 0.05) is 31.3 Å². The fourth-order valence-electron chi connectivity index (χ4n) is 3.22. The van der Waals surface area contributed by atoms with Gasteiger partial charge in [-0.15, -0.1) is 0 Å². The maximum Gasteiger partial charge on any atom is 0.254 e. The predicted octanol–water partition coefficient (Wildman–Crippen LogP) is 2.97. The predicted molar refractivity (Wildman–Crippen MR) is 97.2 cm³/mol. The topological polar surface area (TPSA) is 42.0 Å².